The van der Waals surface area contributed by atoms with Crippen LogP contribution in [0.25, 0.3) is 0 Å². The van der Waals surface area contributed by atoms with E-state index >= 15 is 0 Å². The molecule has 0 saturated carbocycles. The molecule has 20 heavy (non-hydrogen) atoms. The van der Waals surface area contributed by atoms with Crippen molar-refractivity contribution in [1.29, 1.82) is 0 Å². The van der Waals surface area contributed by atoms with Gasteiger partial charge in [0.1, 0.15) is 11.9 Å². The van der Waals surface area contributed by atoms with Gasteiger partial charge < -0.3 is 15.3 Å². The molecule has 0 spiro atoms. The summed E-state index contributed by atoms with van der Waals surface area (Å²) in [5, 5.41) is 12.3. The van der Waals surface area contributed by atoms with Crippen LogP contribution in [0.1, 0.15) is 35.3 Å². The van der Waals surface area contributed by atoms with Crippen LogP contribution in [0.2, 0.25) is 0 Å². The van der Waals surface area contributed by atoms with Crippen LogP contribution in [-0.2, 0) is 6.54 Å². The summed E-state index contributed by atoms with van der Waals surface area (Å²) in [4.78, 5) is 21.2. The maximum absolute atomic E-state index is 11.0. The summed E-state index contributed by atoms with van der Waals surface area (Å²) in [7, 11) is 2.16. The third-order valence-electron chi connectivity index (χ3n) is 3.89. The van der Waals surface area contributed by atoms with E-state index in [-0.39, 0.29) is 5.56 Å². The number of aromatic carboxylic acids is 1. The van der Waals surface area contributed by atoms with Crippen LogP contribution >= 0.6 is 0 Å². The molecular formula is C14H22N4O2. The van der Waals surface area contributed by atoms with Gasteiger partial charge in [0.2, 0.25) is 0 Å². The van der Waals surface area contributed by atoms with E-state index < -0.39 is 5.97 Å². The maximum Gasteiger partial charge on any atom is 0.339 e. The van der Waals surface area contributed by atoms with Crippen LogP contribution in [0.15, 0.2) is 12.5 Å². The van der Waals surface area contributed by atoms with Crippen LogP contribution < -0.4 is 5.32 Å². The van der Waals surface area contributed by atoms with E-state index in [9.17, 15) is 4.79 Å². The molecule has 2 rings (SSSR count). The minimum atomic E-state index is -0.974. The highest BCUT2D eigenvalue weighted by atomic mass is 16.4. The molecular weight excluding hydrogens is 256 g/mol. The highest BCUT2D eigenvalue weighted by Crippen LogP contribution is 2.18. The quantitative estimate of drug-likeness (QED) is 0.756. The summed E-state index contributed by atoms with van der Waals surface area (Å²) in [6.45, 7) is 3.74. The molecule has 6 heteroatoms. The van der Waals surface area contributed by atoms with Crippen LogP contribution in [0.3, 0.4) is 0 Å². The largest absolute Gasteiger partial charge is 0.478 e. The second-order valence-electron chi connectivity index (χ2n) is 5.40. The van der Waals surface area contributed by atoms with Crippen LogP contribution in [0.4, 0.5) is 0 Å². The molecule has 0 aliphatic carbocycles. The normalized spacial score (nSPS) is 17.2. The molecule has 0 radical (unpaired) electrons. The maximum atomic E-state index is 11.0. The molecule has 1 aromatic heterocycles. The molecule has 1 aromatic rings. The van der Waals surface area contributed by atoms with Crippen molar-refractivity contribution in [2.45, 2.75) is 25.8 Å². The standard InChI is InChI=1S/C14H22N4O2/c1-18-6-3-11(4-7-18)2-5-15-9-13-12(14(19)20)8-16-10-17-13/h8,10-11,15H,2-7,9H2,1H3,(H,19,20). The number of nitrogens with one attached hydrogen (secondary N) is 1. The fourth-order valence-corrected chi connectivity index (χ4v) is 2.54. The number of hydrogen-bond acceptors (Lipinski definition) is 5. The zero-order valence-electron chi connectivity index (χ0n) is 11.9. The molecule has 0 amide bonds. The summed E-state index contributed by atoms with van der Waals surface area (Å²) >= 11 is 0. The van der Waals surface area contributed by atoms with Crippen molar-refractivity contribution in [2.24, 2.45) is 5.92 Å². The van der Waals surface area contributed by atoms with Crippen molar-refractivity contribution in [1.82, 2.24) is 20.2 Å². The van der Waals surface area contributed by atoms with Crippen molar-refractivity contribution in [2.75, 3.05) is 26.7 Å². The first-order valence-corrected chi connectivity index (χ1v) is 7.08. The third-order valence-corrected chi connectivity index (χ3v) is 3.89. The predicted molar refractivity (Wildman–Crippen MR) is 75.5 cm³/mol. The summed E-state index contributed by atoms with van der Waals surface area (Å²) in [5.74, 6) is -0.194. The van der Waals surface area contributed by atoms with Gasteiger partial charge in [-0.15, -0.1) is 0 Å². The molecule has 6 nitrogen and oxygen atoms in total. The fourth-order valence-electron chi connectivity index (χ4n) is 2.54. The number of carbonyl (C=O) groups is 1. The number of hydrogen-bond donors (Lipinski definition) is 2. The van der Waals surface area contributed by atoms with E-state index in [0.717, 1.165) is 18.9 Å². The highest BCUT2D eigenvalue weighted by molar-refractivity contribution is 5.88. The second-order valence-corrected chi connectivity index (χ2v) is 5.40. The Kier molecular flexibility index (Phi) is 5.43. The van der Waals surface area contributed by atoms with Crippen molar-refractivity contribution in [3.8, 4) is 0 Å². The Morgan fingerprint density at radius 3 is 2.95 bits per heavy atom. The average Bonchev–Trinajstić information content (AvgIpc) is 2.46. The van der Waals surface area contributed by atoms with E-state index in [4.69, 9.17) is 5.11 Å². The number of nitrogens with zero attached hydrogens (tertiary/aromatic N) is 3. The molecule has 1 aliphatic rings. The zero-order valence-corrected chi connectivity index (χ0v) is 11.9. The van der Waals surface area contributed by atoms with Gasteiger partial charge in [0.05, 0.1) is 5.69 Å². The van der Waals surface area contributed by atoms with Crippen molar-refractivity contribution < 1.29 is 9.90 Å². The second kappa shape index (κ2) is 7.31. The molecule has 2 N–H and O–H groups in total. The van der Waals surface area contributed by atoms with E-state index in [1.54, 1.807) is 0 Å². The lowest BCUT2D eigenvalue weighted by molar-refractivity contribution is 0.0694. The van der Waals surface area contributed by atoms with Crippen molar-refractivity contribution in [3.05, 3.63) is 23.8 Å². The summed E-state index contributed by atoms with van der Waals surface area (Å²) in [6, 6.07) is 0. The molecule has 0 aromatic carbocycles. The summed E-state index contributed by atoms with van der Waals surface area (Å²) < 4.78 is 0. The van der Waals surface area contributed by atoms with Gasteiger partial charge in [-0.05, 0) is 51.9 Å². The Bertz CT molecular complexity index is 445. The van der Waals surface area contributed by atoms with Gasteiger partial charge in [0.25, 0.3) is 0 Å². The van der Waals surface area contributed by atoms with Crippen LogP contribution in [0, 0.1) is 5.92 Å². The Morgan fingerprint density at radius 1 is 1.50 bits per heavy atom. The molecule has 1 saturated heterocycles. The lowest BCUT2D eigenvalue weighted by atomic mass is 9.94. The van der Waals surface area contributed by atoms with E-state index in [1.165, 1.54) is 38.5 Å². The van der Waals surface area contributed by atoms with Crippen LogP contribution in [0.5, 0.6) is 0 Å². The average molecular weight is 278 g/mol. The molecule has 1 fully saturated rings. The molecule has 0 bridgehead atoms. The van der Waals surface area contributed by atoms with Gasteiger partial charge in [-0.1, -0.05) is 0 Å². The first kappa shape index (κ1) is 14.9. The number of carboxylic acids is 1. The van der Waals surface area contributed by atoms with Gasteiger partial charge in [0, 0.05) is 12.7 Å². The summed E-state index contributed by atoms with van der Waals surface area (Å²) in [6.07, 6.45) is 6.39. The number of carboxylic acid groups (broad SMARTS) is 1. The van der Waals surface area contributed by atoms with Crippen LogP contribution in [-0.4, -0.2) is 52.6 Å². The van der Waals surface area contributed by atoms with E-state index in [2.05, 4.69) is 27.2 Å². The van der Waals surface area contributed by atoms with Gasteiger partial charge >= 0.3 is 5.97 Å². The minimum absolute atomic E-state index is 0.180. The van der Waals surface area contributed by atoms with Gasteiger partial charge in [-0.25, -0.2) is 14.8 Å². The lowest BCUT2D eigenvalue weighted by Gasteiger charge is -2.28. The first-order chi connectivity index (χ1) is 9.66. The predicted octanol–water partition coefficient (Wildman–Crippen LogP) is 0.996. The SMILES string of the molecule is CN1CCC(CCNCc2ncncc2C(=O)O)CC1. The minimum Gasteiger partial charge on any atom is -0.478 e. The number of aromatic nitrogens is 2. The fraction of sp³-hybridized carbons (Fsp3) is 0.643. The van der Waals surface area contributed by atoms with E-state index in [0.29, 0.717) is 12.2 Å². The molecule has 110 valence electrons. The van der Waals surface area contributed by atoms with E-state index in [1.807, 2.05) is 0 Å². The molecule has 2 heterocycles. The molecule has 0 atom stereocenters. The van der Waals surface area contributed by atoms with Gasteiger partial charge in [-0.3, -0.25) is 0 Å². The highest BCUT2D eigenvalue weighted by Gasteiger charge is 2.16. The lowest BCUT2D eigenvalue weighted by Crippen LogP contribution is -2.31. The number of likely N-dealkylation sites (tertiary alicyclic amines) is 1. The number of piperidine rings is 1. The summed E-state index contributed by atoms with van der Waals surface area (Å²) in [5.41, 5.74) is 0.732. The zero-order chi connectivity index (χ0) is 14.4. The molecule has 1 aliphatic heterocycles. The first-order valence-electron chi connectivity index (χ1n) is 7.08. The van der Waals surface area contributed by atoms with Gasteiger partial charge in [-0.2, -0.15) is 0 Å². The Balaban J connectivity index is 1.72. The topological polar surface area (TPSA) is 78.3 Å². The Morgan fingerprint density at radius 2 is 2.25 bits per heavy atom. The van der Waals surface area contributed by atoms with Crippen molar-refractivity contribution >= 4 is 5.97 Å². The van der Waals surface area contributed by atoms with Crippen molar-refractivity contribution in [3.63, 3.8) is 0 Å². The smallest absolute Gasteiger partial charge is 0.339 e. The Hall–Kier alpha value is -1.53. The molecule has 0 unspecified atom stereocenters. The third kappa shape index (κ3) is 4.25. The monoisotopic (exact) mass is 278 g/mol. The Labute approximate surface area is 119 Å². The van der Waals surface area contributed by atoms with Gasteiger partial charge in [0.15, 0.2) is 0 Å². The number of rotatable bonds is 6.